The summed E-state index contributed by atoms with van der Waals surface area (Å²) in [6.07, 6.45) is 0. The monoisotopic (exact) mass is 403 g/mol. The number of hydrogen-bond acceptors (Lipinski definition) is 8. The van der Waals surface area contributed by atoms with Crippen molar-refractivity contribution in [3.05, 3.63) is 30.3 Å². The zero-order valence-electron chi connectivity index (χ0n) is 15.7. The van der Waals surface area contributed by atoms with Crippen LogP contribution in [0.3, 0.4) is 0 Å². The van der Waals surface area contributed by atoms with Gasteiger partial charge in [-0.2, -0.15) is 15.4 Å². The van der Waals surface area contributed by atoms with Crippen LogP contribution in [0.5, 0.6) is 28.7 Å². The lowest BCUT2D eigenvalue weighted by molar-refractivity contribution is 0.324. The fraction of sp³-hybridized carbons (Fsp3) is 0.222. The summed E-state index contributed by atoms with van der Waals surface area (Å²) < 4.78 is 37.4. The van der Waals surface area contributed by atoms with E-state index in [0.717, 1.165) is 0 Å². The minimum Gasteiger partial charge on any atom is -0.493 e. The summed E-state index contributed by atoms with van der Waals surface area (Å²) in [4.78, 5) is 0. The van der Waals surface area contributed by atoms with E-state index in [1.807, 2.05) is 0 Å². The molecule has 0 aliphatic carbocycles. The van der Waals surface area contributed by atoms with Gasteiger partial charge >= 0.3 is 8.69 Å². The van der Waals surface area contributed by atoms with Crippen molar-refractivity contribution in [2.75, 3.05) is 28.4 Å². The topological polar surface area (TPSA) is 105 Å². The van der Waals surface area contributed by atoms with E-state index in [2.05, 4.69) is 15.4 Å². The van der Waals surface area contributed by atoms with Crippen LogP contribution in [0, 0.1) is 0 Å². The molecule has 0 aliphatic rings. The molecule has 0 fully saturated rings. The van der Waals surface area contributed by atoms with E-state index in [0.29, 0.717) is 51.3 Å². The van der Waals surface area contributed by atoms with Crippen LogP contribution in [-0.4, -0.2) is 43.8 Å². The van der Waals surface area contributed by atoms with Crippen LogP contribution in [0.4, 0.5) is 0 Å². The minimum absolute atomic E-state index is 0.315. The first-order valence-corrected chi connectivity index (χ1v) is 8.79. The highest BCUT2D eigenvalue weighted by molar-refractivity contribution is 7.17. The number of hydrogen-bond donors (Lipinski definition) is 1. The Hall–Kier alpha value is -3.32. The van der Waals surface area contributed by atoms with Crippen molar-refractivity contribution in [3.63, 3.8) is 0 Å². The maximum Gasteiger partial charge on any atom is 0.395 e. The van der Waals surface area contributed by atoms with Crippen LogP contribution in [0.2, 0.25) is 0 Å². The summed E-state index contributed by atoms with van der Waals surface area (Å²) in [5.41, 5.74) is 2.52. The van der Waals surface area contributed by atoms with Crippen LogP contribution in [0.15, 0.2) is 30.3 Å². The Bertz CT molecular complexity index is 966. The molecule has 28 heavy (non-hydrogen) atoms. The van der Waals surface area contributed by atoms with E-state index in [-0.39, 0.29) is 0 Å². The van der Waals surface area contributed by atoms with Crippen LogP contribution in [0.25, 0.3) is 22.5 Å². The van der Waals surface area contributed by atoms with Crippen LogP contribution in [-0.2, 0) is 4.57 Å². The first kappa shape index (κ1) is 19.4. The van der Waals surface area contributed by atoms with Gasteiger partial charge in [0.2, 0.25) is 5.75 Å². The lowest BCUT2D eigenvalue weighted by Gasteiger charge is -2.14. The van der Waals surface area contributed by atoms with E-state index in [9.17, 15) is 4.57 Å². The summed E-state index contributed by atoms with van der Waals surface area (Å²) in [6.45, 7) is 0. The molecule has 0 unspecified atom stereocenters. The smallest absolute Gasteiger partial charge is 0.395 e. The van der Waals surface area contributed by atoms with E-state index in [1.165, 1.54) is 14.2 Å². The third-order valence-electron chi connectivity index (χ3n) is 4.06. The average Bonchev–Trinajstić information content (AvgIpc) is 3.22. The quantitative estimate of drug-likeness (QED) is 0.567. The lowest BCUT2D eigenvalue weighted by Crippen LogP contribution is -1.96. The lowest BCUT2D eigenvalue weighted by atomic mass is 10.0. The summed E-state index contributed by atoms with van der Waals surface area (Å²) in [5.74, 6) is 2.23. The number of nitrogens with zero attached hydrogens (tertiary/aromatic N) is 2. The van der Waals surface area contributed by atoms with Gasteiger partial charge in [0.1, 0.15) is 11.4 Å². The SMILES string of the molecule is COc1ccc(-c2n[nH]nc2-c2cc(OC)c(OC)c(OC)c2)cc1OP=O. The highest BCUT2D eigenvalue weighted by Crippen LogP contribution is 2.43. The molecule has 9 nitrogen and oxygen atoms in total. The van der Waals surface area contributed by atoms with Gasteiger partial charge in [-0.1, -0.05) is 0 Å². The number of H-pyrrole nitrogens is 1. The van der Waals surface area contributed by atoms with E-state index in [1.54, 1.807) is 44.6 Å². The van der Waals surface area contributed by atoms with Crippen molar-refractivity contribution in [1.29, 1.82) is 0 Å². The molecule has 0 saturated heterocycles. The molecule has 3 rings (SSSR count). The number of aromatic nitrogens is 3. The number of aromatic amines is 1. The van der Waals surface area contributed by atoms with Gasteiger partial charge in [0.15, 0.2) is 23.0 Å². The second-order valence-electron chi connectivity index (χ2n) is 5.47. The number of ether oxygens (including phenoxy) is 4. The Morgan fingerprint density at radius 1 is 0.750 bits per heavy atom. The van der Waals surface area contributed by atoms with Crippen LogP contribution < -0.4 is 23.5 Å². The van der Waals surface area contributed by atoms with Crippen LogP contribution >= 0.6 is 8.69 Å². The summed E-state index contributed by atoms with van der Waals surface area (Å²) in [5, 5.41) is 11.1. The fourth-order valence-electron chi connectivity index (χ4n) is 2.79. The molecular formula is C18H18N3O6P. The minimum atomic E-state index is -0.488. The predicted octanol–water partition coefficient (Wildman–Crippen LogP) is 3.76. The van der Waals surface area contributed by atoms with Crippen LogP contribution in [0.1, 0.15) is 0 Å². The molecule has 1 N–H and O–H groups in total. The second kappa shape index (κ2) is 8.58. The van der Waals surface area contributed by atoms with E-state index in [4.69, 9.17) is 23.5 Å². The number of benzene rings is 2. The Morgan fingerprint density at radius 2 is 1.32 bits per heavy atom. The van der Waals surface area contributed by atoms with Gasteiger partial charge in [0.25, 0.3) is 0 Å². The molecule has 0 bridgehead atoms. The van der Waals surface area contributed by atoms with Crippen molar-refractivity contribution in [2.45, 2.75) is 0 Å². The molecule has 1 heterocycles. The Labute approximate surface area is 162 Å². The highest BCUT2D eigenvalue weighted by atomic mass is 31.1. The maximum absolute atomic E-state index is 10.9. The summed E-state index contributed by atoms with van der Waals surface area (Å²) >= 11 is 0. The first-order valence-electron chi connectivity index (χ1n) is 8.06. The van der Waals surface area contributed by atoms with E-state index >= 15 is 0 Å². The van der Waals surface area contributed by atoms with E-state index < -0.39 is 8.69 Å². The second-order valence-corrected chi connectivity index (χ2v) is 5.80. The Balaban J connectivity index is 2.13. The normalized spacial score (nSPS) is 10.6. The molecule has 10 heteroatoms. The molecule has 0 spiro atoms. The zero-order chi connectivity index (χ0) is 20.1. The Morgan fingerprint density at radius 3 is 1.86 bits per heavy atom. The van der Waals surface area contributed by atoms with Gasteiger partial charge in [0.05, 0.1) is 28.4 Å². The predicted molar refractivity (Wildman–Crippen MR) is 102 cm³/mol. The molecular weight excluding hydrogens is 385 g/mol. The van der Waals surface area contributed by atoms with Gasteiger partial charge in [-0.05, 0) is 30.3 Å². The Kier molecular flexibility index (Phi) is 5.96. The molecule has 0 radical (unpaired) electrons. The number of nitrogens with one attached hydrogen (secondary N) is 1. The first-order chi connectivity index (χ1) is 13.7. The number of rotatable bonds is 8. The van der Waals surface area contributed by atoms with Gasteiger partial charge in [0, 0.05) is 11.1 Å². The molecule has 3 aromatic rings. The fourth-order valence-corrected chi connectivity index (χ4v) is 3.01. The molecule has 0 saturated carbocycles. The van der Waals surface area contributed by atoms with Gasteiger partial charge < -0.3 is 23.5 Å². The average molecular weight is 403 g/mol. The van der Waals surface area contributed by atoms with Gasteiger partial charge in [-0.3, -0.25) is 0 Å². The third-order valence-corrected chi connectivity index (χ3v) is 4.33. The van der Waals surface area contributed by atoms with Gasteiger partial charge in [-0.15, -0.1) is 0 Å². The molecule has 0 amide bonds. The molecule has 146 valence electrons. The zero-order valence-corrected chi connectivity index (χ0v) is 16.6. The molecule has 1 aromatic heterocycles. The van der Waals surface area contributed by atoms with Gasteiger partial charge in [-0.25, -0.2) is 4.57 Å². The highest BCUT2D eigenvalue weighted by Gasteiger charge is 2.20. The van der Waals surface area contributed by atoms with Crippen molar-refractivity contribution in [2.24, 2.45) is 0 Å². The number of methoxy groups -OCH3 is 4. The van der Waals surface area contributed by atoms with Crippen molar-refractivity contribution in [1.82, 2.24) is 15.4 Å². The summed E-state index contributed by atoms with van der Waals surface area (Å²) in [6, 6.07) is 8.72. The molecule has 2 aromatic carbocycles. The molecule has 0 aliphatic heterocycles. The standard InChI is InChI=1S/C18H18N3O6P/c1-23-12-6-5-10(7-13(12)27-28-22)16-17(20-21-19-16)11-8-14(24-2)18(26-4)15(9-11)25-3/h5-9H,1-4H3,(H,19,20,21). The van der Waals surface area contributed by atoms with Crippen molar-refractivity contribution < 1.29 is 28.0 Å². The third kappa shape index (κ3) is 3.57. The molecule has 0 atom stereocenters. The van der Waals surface area contributed by atoms with Crippen molar-refractivity contribution in [3.8, 4) is 51.3 Å². The van der Waals surface area contributed by atoms with Crippen molar-refractivity contribution >= 4 is 8.69 Å². The summed E-state index contributed by atoms with van der Waals surface area (Å²) in [7, 11) is 5.63. The maximum atomic E-state index is 10.9. The largest absolute Gasteiger partial charge is 0.493 e.